The fourth-order valence-electron chi connectivity index (χ4n) is 2.03. The zero-order chi connectivity index (χ0) is 12.3. The predicted molar refractivity (Wildman–Crippen MR) is 63.9 cm³/mol. The van der Waals surface area contributed by atoms with Gasteiger partial charge in [-0.25, -0.2) is 0 Å². The van der Waals surface area contributed by atoms with Crippen LogP contribution in [0.1, 0.15) is 34.8 Å². The third kappa shape index (κ3) is 2.36. The molecule has 0 saturated heterocycles. The molecule has 0 aromatic heterocycles. The summed E-state index contributed by atoms with van der Waals surface area (Å²) in [6.07, 6.45) is -0.236. The summed E-state index contributed by atoms with van der Waals surface area (Å²) in [5, 5.41) is 18.8. The molecule has 0 aliphatic heterocycles. The van der Waals surface area contributed by atoms with Gasteiger partial charge in [0.2, 0.25) is 0 Å². The van der Waals surface area contributed by atoms with E-state index in [0.717, 1.165) is 28.0 Å². The number of aliphatic hydroxyl groups is 2. The first-order chi connectivity index (χ1) is 7.52. The van der Waals surface area contributed by atoms with Gasteiger partial charge in [0.05, 0.1) is 13.2 Å². The number of hydrogen-bond donors (Lipinski definition) is 2. The minimum Gasteiger partial charge on any atom is -0.496 e. The molecule has 1 unspecified atom stereocenters. The summed E-state index contributed by atoms with van der Waals surface area (Å²) in [6, 6.07) is 1.93. The van der Waals surface area contributed by atoms with Crippen molar-refractivity contribution in [3.8, 4) is 5.75 Å². The number of aliphatic hydroxyl groups excluding tert-OH is 2. The van der Waals surface area contributed by atoms with Crippen molar-refractivity contribution in [2.45, 2.75) is 33.3 Å². The molecule has 0 radical (unpaired) electrons. The molecule has 2 N–H and O–H groups in total. The number of ether oxygens (including phenoxy) is 1. The van der Waals surface area contributed by atoms with Gasteiger partial charge >= 0.3 is 0 Å². The van der Waals surface area contributed by atoms with E-state index in [-0.39, 0.29) is 6.61 Å². The summed E-state index contributed by atoms with van der Waals surface area (Å²) in [4.78, 5) is 0. The van der Waals surface area contributed by atoms with E-state index in [2.05, 4.69) is 0 Å². The molecule has 1 rings (SSSR count). The summed E-state index contributed by atoms with van der Waals surface area (Å²) >= 11 is 0. The van der Waals surface area contributed by atoms with Crippen molar-refractivity contribution in [3.63, 3.8) is 0 Å². The largest absolute Gasteiger partial charge is 0.496 e. The van der Waals surface area contributed by atoms with Gasteiger partial charge in [-0.2, -0.15) is 0 Å². The molecule has 0 saturated carbocycles. The topological polar surface area (TPSA) is 49.7 Å². The number of rotatable bonds is 4. The van der Waals surface area contributed by atoms with Crippen LogP contribution in [0.25, 0.3) is 0 Å². The van der Waals surface area contributed by atoms with Crippen LogP contribution in [0.3, 0.4) is 0 Å². The van der Waals surface area contributed by atoms with Crippen LogP contribution in [0.15, 0.2) is 6.07 Å². The molecule has 0 amide bonds. The van der Waals surface area contributed by atoms with Crippen LogP contribution < -0.4 is 4.74 Å². The highest BCUT2D eigenvalue weighted by Crippen LogP contribution is 2.32. The van der Waals surface area contributed by atoms with Crippen molar-refractivity contribution in [1.29, 1.82) is 0 Å². The second kappa shape index (κ2) is 5.32. The summed E-state index contributed by atoms with van der Waals surface area (Å²) in [7, 11) is 1.65. The second-order valence-corrected chi connectivity index (χ2v) is 4.09. The highest BCUT2D eigenvalue weighted by atomic mass is 16.5. The van der Waals surface area contributed by atoms with Crippen LogP contribution in [-0.4, -0.2) is 23.9 Å². The standard InChI is InChI=1S/C13H20O3/c1-8-7-11(12(15)5-6-14)9(2)10(3)13(8)16-4/h7,12,14-15H,5-6H2,1-4H3. The van der Waals surface area contributed by atoms with E-state index in [4.69, 9.17) is 9.84 Å². The van der Waals surface area contributed by atoms with Gasteiger partial charge in [0.25, 0.3) is 0 Å². The lowest BCUT2D eigenvalue weighted by Gasteiger charge is -2.18. The molecular weight excluding hydrogens is 204 g/mol. The number of hydrogen-bond acceptors (Lipinski definition) is 3. The Morgan fingerprint density at radius 3 is 2.38 bits per heavy atom. The monoisotopic (exact) mass is 224 g/mol. The maximum absolute atomic E-state index is 9.91. The van der Waals surface area contributed by atoms with Gasteiger partial charge < -0.3 is 14.9 Å². The molecule has 3 nitrogen and oxygen atoms in total. The zero-order valence-electron chi connectivity index (χ0n) is 10.4. The third-order valence-corrected chi connectivity index (χ3v) is 3.03. The fourth-order valence-corrected chi connectivity index (χ4v) is 2.03. The lowest BCUT2D eigenvalue weighted by Crippen LogP contribution is -2.06. The van der Waals surface area contributed by atoms with Crippen molar-refractivity contribution in [2.75, 3.05) is 13.7 Å². The molecule has 90 valence electrons. The van der Waals surface area contributed by atoms with Gasteiger partial charge in [0.1, 0.15) is 5.75 Å². The van der Waals surface area contributed by atoms with Crippen molar-refractivity contribution in [1.82, 2.24) is 0 Å². The maximum Gasteiger partial charge on any atom is 0.124 e. The maximum atomic E-state index is 9.91. The first kappa shape index (κ1) is 13.0. The number of benzene rings is 1. The van der Waals surface area contributed by atoms with Crippen LogP contribution in [0.4, 0.5) is 0 Å². The average Bonchev–Trinajstić information content (AvgIpc) is 2.24. The predicted octanol–water partition coefficient (Wildman–Crippen LogP) is 2.04. The highest BCUT2D eigenvalue weighted by Gasteiger charge is 2.15. The van der Waals surface area contributed by atoms with E-state index in [9.17, 15) is 5.11 Å². The summed E-state index contributed by atoms with van der Waals surface area (Å²) < 4.78 is 5.32. The van der Waals surface area contributed by atoms with E-state index < -0.39 is 6.10 Å². The van der Waals surface area contributed by atoms with E-state index in [1.807, 2.05) is 26.8 Å². The summed E-state index contributed by atoms with van der Waals surface area (Å²) in [5.41, 5.74) is 3.97. The number of methoxy groups -OCH3 is 1. The molecule has 1 aromatic rings. The van der Waals surface area contributed by atoms with Gasteiger partial charge in [0, 0.05) is 13.0 Å². The van der Waals surface area contributed by atoms with E-state index in [0.29, 0.717) is 6.42 Å². The molecule has 1 aromatic carbocycles. The molecule has 16 heavy (non-hydrogen) atoms. The SMILES string of the molecule is COc1c(C)cc(C(O)CCO)c(C)c1C. The lowest BCUT2D eigenvalue weighted by molar-refractivity contribution is 0.133. The van der Waals surface area contributed by atoms with Gasteiger partial charge in [-0.3, -0.25) is 0 Å². The Morgan fingerprint density at radius 1 is 1.25 bits per heavy atom. The Hall–Kier alpha value is -1.06. The molecule has 0 spiro atoms. The van der Waals surface area contributed by atoms with Crippen LogP contribution >= 0.6 is 0 Å². The third-order valence-electron chi connectivity index (χ3n) is 3.03. The minimum atomic E-state index is -0.603. The van der Waals surface area contributed by atoms with Crippen LogP contribution in [0, 0.1) is 20.8 Å². The minimum absolute atomic E-state index is 0.00920. The average molecular weight is 224 g/mol. The summed E-state index contributed by atoms with van der Waals surface area (Å²) in [5.74, 6) is 0.873. The van der Waals surface area contributed by atoms with E-state index in [1.165, 1.54) is 0 Å². The first-order valence-corrected chi connectivity index (χ1v) is 5.46. The van der Waals surface area contributed by atoms with Gasteiger partial charge in [-0.1, -0.05) is 0 Å². The lowest BCUT2D eigenvalue weighted by atomic mass is 9.94. The van der Waals surface area contributed by atoms with E-state index >= 15 is 0 Å². The van der Waals surface area contributed by atoms with Crippen molar-refractivity contribution in [3.05, 3.63) is 28.3 Å². The van der Waals surface area contributed by atoms with Crippen LogP contribution in [-0.2, 0) is 0 Å². The second-order valence-electron chi connectivity index (χ2n) is 4.09. The fraction of sp³-hybridized carbons (Fsp3) is 0.538. The Morgan fingerprint density at radius 2 is 1.88 bits per heavy atom. The molecule has 3 heteroatoms. The molecule has 0 aliphatic carbocycles. The van der Waals surface area contributed by atoms with E-state index in [1.54, 1.807) is 7.11 Å². The first-order valence-electron chi connectivity index (χ1n) is 5.46. The van der Waals surface area contributed by atoms with Crippen LogP contribution in [0.5, 0.6) is 5.75 Å². The quantitative estimate of drug-likeness (QED) is 0.822. The molecule has 0 heterocycles. The molecule has 0 aliphatic rings. The normalized spacial score (nSPS) is 12.6. The highest BCUT2D eigenvalue weighted by molar-refractivity contribution is 5.49. The van der Waals surface area contributed by atoms with Crippen molar-refractivity contribution in [2.24, 2.45) is 0 Å². The molecule has 1 atom stereocenters. The van der Waals surface area contributed by atoms with Crippen LogP contribution in [0.2, 0.25) is 0 Å². The van der Waals surface area contributed by atoms with Gasteiger partial charge in [0.15, 0.2) is 0 Å². The zero-order valence-corrected chi connectivity index (χ0v) is 10.4. The Kier molecular flexibility index (Phi) is 4.33. The Labute approximate surface area is 96.7 Å². The van der Waals surface area contributed by atoms with Gasteiger partial charge in [-0.05, 0) is 49.1 Å². The Balaban J connectivity index is 3.22. The molecule has 0 bridgehead atoms. The van der Waals surface area contributed by atoms with Gasteiger partial charge in [-0.15, -0.1) is 0 Å². The van der Waals surface area contributed by atoms with Crippen molar-refractivity contribution < 1.29 is 14.9 Å². The Bertz CT molecular complexity index is 372. The smallest absolute Gasteiger partial charge is 0.124 e. The summed E-state index contributed by atoms with van der Waals surface area (Å²) in [6.45, 7) is 5.90. The molecule has 0 fully saturated rings. The number of aryl methyl sites for hydroxylation is 1. The van der Waals surface area contributed by atoms with Crippen molar-refractivity contribution >= 4 is 0 Å². The molecular formula is C13H20O3.